The van der Waals surface area contributed by atoms with Crippen LogP contribution in [0.3, 0.4) is 0 Å². The van der Waals surface area contributed by atoms with Gasteiger partial charge in [0.15, 0.2) is 5.82 Å². The van der Waals surface area contributed by atoms with Gasteiger partial charge in [0.2, 0.25) is 0 Å². The van der Waals surface area contributed by atoms with Gasteiger partial charge in [-0.25, -0.2) is 18.3 Å². The molecule has 0 atom stereocenters. The number of aromatic amines is 1. The van der Waals surface area contributed by atoms with Crippen LogP contribution in [-0.4, -0.2) is 29.7 Å². The third kappa shape index (κ3) is 2.86. The first-order chi connectivity index (χ1) is 9.29. The van der Waals surface area contributed by atoms with Crippen LogP contribution in [0.1, 0.15) is 14.5 Å². The molecular weight excluding hydrogens is 306 g/mol. The molecule has 0 aliphatic carbocycles. The van der Waals surface area contributed by atoms with Gasteiger partial charge in [-0.05, 0) is 19.1 Å². The van der Waals surface area contributed by atoms with Gasteiger partial charge in [-0.1, -0.05) is 0 Å². The lowest BCUT2D eigenvalue weighted by atomic mass is 10.4. The van der Waals surface area contributed by atoms with Gasteiger partial charge in [0, 0.05) is 10.9 Å². The number of carboxylic acid groups (broad SMARTS) is 1. The van der Waals surface area contributed by atoms with E-state index in [2.05, 4.69) is 14.9 Å². The van der Waals surface area contributed by atoms with Crippen LogP contribution in [-0.2, 0) is 10.0 Å². The largest absolute Gasteiger partial charge is 0.477 e. The van der Waals surface area contributed by atoms with Crippen molar-refractivity contribution in [2.45, 2.75) is 11.8 Å². The number of aromatic nitrogens is 2. The van der Waals surface area contributed by atoms with Crippen LogP contribution in [0.5, 0.6) is 0 Å². The van der Waals surface area contributed by atoms with Crippen LogP contribution in [0.25, 0.3) is 0 Å². The number of carboxylic acids is 1. The first kappa shape index (κ1) is 14.2. The second-order valence-electron chi connectivity index (χ2n) is 3.75. The summed E-state index contributed by atoms with van der Waals surface area (Å²) in [5, 5.41) is 14.5. The molecule has 106 valence electrons. The molecule has 2 aromatic rings. The summed E-state index contributed by atoms with van der Waals surface area (Å²) in [5.41, 5.74) is -0.465. The summed E-state index contributed by atoms with van der Waals surface area (Å²) in [4.78, 5) is 21.8. The SMILES string of the molecule is Cc1sc(C(=O)O)cc1S(=O)(=O)Nc1ccc(=O)[nH]n1. The summed E-state index contributed by atoms with van der Waals surface area (Å²) in [6, 6.07) is 3.40. The Balaban J connectivity index is 2.37. The number of rotatable bonds is 4. The average molecular weight is 315 g/mol. The van der Waals surface area contributed by atoms with Crippen molar-refractivity contribution in [2.24, 2.45) is 0 Å². The lowest BCUT2D eigenvalue weighted by Gasteiger charge is -2.05. The van der Waals surface area contributed by atoms with Gasteiger partial charge >= 0.3 is 5.97 Å². The van der Waals surface area contributed by atoms with Crippen molar-refractivity contribution in [3.63, 3.8) is 0 Å². The molecule has 0 fully saturated rings. The van der Waals surface area contributed by atoms with Gasteiger partial charge in [0.1, 0.15) is 9.77 Å². The molecular formula is C10H9N3O5S2. The molecule has 0 unspecified atom stereocenters. The number of H-pyrrole nitrogens is 1. The summed E-state index contributed by atoms with van der Waals surface area (Å²) in [5.74, 6) is -1.26. The van der Waals surface area contributed by atoms with E-state index in [-0.39, 0.29) is 15.6 Å². The molecule has 0 spiro atoms. The number of aryl methyl sites for hydroxylation is 1. The van der Waals surface area contributed by atoms with Crippen LogP contribution in [0, 0.1) is 6.92 Å². The second-order valence-corrected chi connectivity index (χ2v) is 6.66. The number of nitrogens with one attached hydrogen (secondary N) is 2. The van der Waals surface area contributed by atoms with Gasteiger partial charge < -0.3 is 5.11 Å². The topological polar surface area (TPSA) is 129 Å². The summed E-state index contributed by atoms with van der Waals surface area (Å²) < 4.78 is 26.4. The Morgan fingerprint density at radius 3 is 2.65 bits per heavy atom. The van der Waals surface area contributed by atoms with Crippen molar-refractivity contribution in [2.75, 3.05) is 4.72 Å². The summed E-state index contributed by atoms with van der Waals surface area (Å²) in [7, 11) is -3.96. The zero-order valence-electron chi connectivity index (χ0n) is 10.1. The Bertz CT molecular complexity index is 801. The molecule has 0 aliphatic rings. The highest BCUT2D eigenvalue weighted by molar-refractivity contribution is 7.93. The van der Waals surface area contributed by atoms with Crippen molar-refractivity contribution >= 4 is 33.1 Å². The number of anilines is 1. The highest BCUT2D eigenvalue weighted by atomic mass is 32.2. The number of carbonyl (C=O) groups is 1. The smallest absolute Gasteiger partial charge is 0.345 e. The molecule has 8 nitrogen and oxygen atoms in total. The number of thiophene rings is 1. The van der Waals surface area contributed by atoms with Crippen molar-refractivity contribution in [3.05, 3.63) is 38.3 Å². The second kappa shape index (κ2) is 5.06. The average Bonchev–Trinajstić information content (AvgIpc) is 2.75. The van der Waals surface area contributed by atoms with E-state index in [0.29, 0.717) is 4.88 Å². The van der Waals surface area contributed by atoms with Crippen molar-refractivity contribution in [3.8, 4) is 0 Å². The number of sulfonamides is 1. The van der Waals surface area contributed by atoms with Gasteiger partial charge in [-0.3, -0.25) is 9.52 Å². The number of aromatic carboxylic acids is 1. The van der Waals surface area contributed by atoms with E-state index in [9.17, 15) is 18.0 Å². The molecule has 0 aliphatic heterocycles. The predicted octanol–water partition coefficient (Wildman–Crippen LogP) is 0.639. The Morgan fingerprint density at radius 1 is 1.45 bits per heavy atom. The molecule has 0 saturated carbocycles. The summed E-state index contributed by atoms with van der Waals surface area (Å²) in [6.07, 6.45) is 0. The molecule has 10 heteroatoms. The molecule has 0 amide bonds. The standard InChI is InChI=1S/C10H9N3O5S2/c1-5-7(4-6(19-5)10(15)16)20(17,18)13-8-2-3-9(14)12-11-8/h2-4H,1H3,(H,11,13)(H,12,14)(H,15,16). The van der Waals surface area contributed by atoms with Gasteiger partial charge in [-0.2, -0.15) is 5.10 Å². The highest BCUT2D eigenvalue weighted by Crippen LogP contribution is 2.26. The molecule has 3 N–H and O–H groups in total. The first-order valence-corrected chi connectivity index (χ1v) is 7.52. The van der Waals surface area contributed by atoms with E-state index in [1.807, 2.05) is 0 Å². The fourth-order valence-corrected chi connectivity index (χ4v) is 3.86. The zero-order valence-corrected chi connectivity index (χ0v) is 11.7. The minimum atomic E-state index is -3.96. The Morgan fingerprint density at radius 2 is 2.15 bits per heavy atom. The summed E-state index contributed by atoms with van der Waals surface area (Å²) in [6.45, 7) is 1.51. The molecule has 2 rings (SSSR count). The Kier molecular flexibility index (Phi) is 3.59. The third-order valence-electron chi connectivity index (χ3n) is 2.29. The Hall–Kier alpha value is -2.20. The van der Waals surface area contributed by atoms with Gasteiger partial charge in [-0.15, -0.1) is 11.3 Å². The van der Waals surface area contributed by atoms with Crippen LogP contribution < -0.4 is 10.3 Å². The third-order valence-corrected chi connectivity index (χ3v) is 4.94. The van der Waals surface area contributed by atoms with E-state index in [1.54, 1.807) is 0 Å². The van der Waals surface area contributed by atoms with Crippen molar-refractivity contribution in [1.29, 1.82) is 0 Å². The van der Waals surface area contributed by atoms with E-state index in [4.69, 9.17) is 5.11 Å². The summed E-state index contributed by atoms with van der Waals surface area (Å²) >= 11 is 0.865. The molecule has 0 aromatic carbocycles. The van der Waals surface area contributed by atoms with E-state index < -0.39 is 21.6 Å². The van der Waals surface area contributed by atoms with Crippen LogP contribution in [0.4, 0.5) is 5.82 Å². The van der Waals surface area contributed by atoms with Gasteiger partial charge in [0.05, 0.1) is 0 Å². The maximum absolute atomic E-state index is 12.1. The fourth-order valence-electron chi connectivity index (χ4n) is 1.43. The van der Waals surface area contributed by atoms with Crippen LogP contribution >= 0.6 is 11.3 Å². The van der Waals surface area contributed by atoms with Crippen LogP contribution in [0.2, 0.25) is 0 Å². The van der Waals surface area contributed by atoms with Crippen molar-refractivity contribution < 1.29 is 18.3 Å². The number of nitrogens with zero attached hydrogens (tertiary/aromatic N) is 1. The van der Waals surface area contributed by atoms with E-state index >= 15 is 0 Å². The maximum Gasteiger partial charge on any atom is 0.345 e. The van der Waals surface area contributed by atoms with E-state index in [1.165, 1.54) is 13.0 Å². The maximum atomic E-state index is 12.1. The number of hydrogen-bond donors (Lipinski definition) is 3. The number of hydrogen-bond acceptors (Lipinski definition) is 6. The molecule has 0 bridgehead atoms. The molecule has 2 aromatic heterocycles. The monoisotopic (exact) mass is 315 g/mol. The lowest BCUT2D eigenvalue weighted by molar-refractivity contribution is 0.0702. The van der Waals surface area contributed by atoms with Crippen LogP contribution in [0.15, 0.2) is 27.9 Å². The fraction of sp³-hybridized carbons (Fsp3) is 0.100. The predicted molar refractivity (Wildman–Crippen MR) is 71.7 cm³/mol. The lowest BCUT2D eigenvalue weighted by Crippen LogP contribution is -2.16. The first-order valence-electron chi connectivity index (χ1n) is 5.22. The minimum absolute atomic E-state index is 0.0629. The Labute approximate surface area is 117 Å². The van der Waals surface area contributed by atoms with E-state index in [0.717, 1.165) is 23.5 Å². The highest BCUT2D eigenvalue weighted by Gasteiger charge is 2.22. The molecule has 2 heterocycles. The quantitative estimate of drug-likeness (QED) is 0.759. The minimum Gasteiger partial charge on any atom is -0.477 e. The zero-order chi connectivity index (χ0) is 14.9. The molecule has 20 heavy (non-hydrogen) atoms. The van der Waals surface area contributed by atoms with Gasteiger partial charge in [0.25, 0.3) is 15.6 Å². The van der Waals surface area contributed by atoms with Crippen molar-refractivity contribution in [1.82, 2.24) is 10.2 Å². The molecule has 0 radical (unpaired) electrons. The normalized spacial score (nSPS) is 11.2. The molecule has 0 saturated heterocycles.